The van der Waals surface area contributed by atoms with Crippen LogP contribution < -0.4 is 0 Å². The summed E-state index contributed by atoms with van der Waals surface area (Å²) >= 11 is 0. The fraction of sp³-hybridized carbons (Fsp3) is 0.346. The monoisotopic (exact) mass is 675 g/mol. The van der Waals surface area contributed by atoms with Gasteiger partial charge in [0.2, 0.25) is 0 Å². The first-order valence-electron chi connectivity index (χ1n) is 13.0. The van der Waals surface area contributed by atoms with Gasteiger partial charge in [-0.2, -0.15) is 17.9 Å². The largest absolute Gasteiger partial charge is 0.478 e. The molecule has 18 heteroatoms. The molecule has 44 heavy (non-hydrogen) atoms. The van der Waals surface area contributed by atoms with Gasteiger partial charge in [0.1, 0.15) is 0 Å². The number of benzene rings is 2. The number of carbonyl (C=O) groups is 3. The molecule has 3 rings (SSSR count). The Kier molecular flexibility index (Phi) is 10.8. The first kappa shape index (κ1) is 34.9. The number of ether oxygens (including phenoxy) is 2. The number of aliphatic hydroxyl groups excluding tert-OH is 1. The Morgan fingerprint density at radius 3 is 1.59 bits per heavy atom. The van der Waals surface area contributed by atoms with Crippen molar-refractivity contribution in [2.24, 2.45) is 0 Å². The topological polar surface area (TPSA) is 192 Å². The smallest absolute Gasteiger partial charge is 0.455 e. The van der Waals surface area contributed by atoms with Crippen LogP contribution in [0.5, 0.6) is 0 Å². The van der Waals surface area contributed by atoms with E-state index in [4.69, 9.17) is 23.0 Å². The molecule has 0 saturated carbocycles. The number of amides is 3. The van der Waals surface area contributed by atoms with Crippen molar-refractivity contribution in [3.05, 3.63) is 71.9 Å². The van der Waals surface area contributed by atoms with E-state index in [1.54, 1.807) is 0 Å². The molecule has 1 heterocycles. The fourth-order valence-corrected chi connectivity index (χ4v) is 10.1. The number of imide groups is 1. The van der Waals surface area contributed by atoms with Crippen molar-refractivity contribution in [2.45, 2.75) is 36.1 Å². The molecule has 2 aromatic rings. The van der Waals surface area contributed by atoms with Crippen molar-refractivity contribution >= 4 is 45.9 Å². The van der Waals surface area contributed by atoms with Crippen molar-refractivity contribution in [3.8, 4) is 0 Å². The molecular weight excluding hydrogens is 643 g/mol. The zero-order valence-corrected chi connectivity index (χ0v) is 26.9. The lowest BCUT2D eigenvalue weighted by molar-refractivity contribution is -0.153. The maximum Gasteiger partial charge on any atom is 0.455 e. The van der Waals surface area contributed by atoms with Crippen LogP contribution in [0.3, 0.4) is 0 Å². The second-order valence-electron chi connectivity index (χ2n) is 8.56. The molecule has 15 nitrogen and oxygen atoms in total. The second-order valence-corrected chi connectivity index (χ2v) is 14.4. The van der Waals surface area contributed by atoms with E-state index in [0.717, 1.165) is 38.5 Å². The molecule has 0 spiro atoms. The van der Waals surface area contributed by atoms with Gasteiger partial charge in [-0.05, 0) is 45.0 Å². The Morgan fingerprint density at radius 2 is 1.20 bits per heavy atom. The number of nitrogens with zero attached hydrogens (tertiary/aromatic N) is 2. The van der Waals surface area contributed by atoms with Crippen LogP contribution in [0, 0.1) is 0 Å². The maximum absolute atomic E-state index is 14.6. The van der Waals surface area contributed by atoms with Crippen molar-refractivity contribution in [2.75, 3.05) is 34.0 Å². The number of aliphatic hydroxyl groups is 1. The van der Waals surface area contributed by atoms with Gasteiger partial charge in [0.05, 0.1) is 43.8 Å². The molecule has 0 bridgehead atoms. The molecule has 1 fully saturated rings. The summed E-state index contributed by atoms with van der Waals surface area (Å²) in [5.41, 5.74) is -3.66. The van der Waals surface area contributed by atoms with Crippen LogP contribution in [-0.2, 0) is 52.7 Å². The number of hydrogen-bond donors (Lipinski definition) is 1. The molecule has 0 aliphatic carbocycles. The molecule has 1 N–H and O–H groups in total. The van der Waals surface area contributed by atoms with E-state index in [9.17, 15) is 36.3 Å². The highest BCUT2D eigenvalue weighted by Crippen LogP contribution is 2.73. The highest BCUT2D eigenvalue weighted by atomic mass is 32.2. The molecule has 3 amide bonds. The lowest BCUT2D eigenvalue weighted by Gasteiger charge is -2.34. The highest BCUT2D eigenvalue weighted by molar-refractivity contribution is 7.91. The molecule has 1 aliphatic rings. The Labute approximate surface area is 255 Å². The summed E-state index contributed by atoms with van der Waals surface area (Å²) in [6, 6.07) is 10.3. The fourth-order valence-electron chi connectivity index (χ4n) is 4.43. The van der Waals surface area contributed by atoms with E-state index >= 15 is 0 Å². The normalized spacial score (nSPS) is 18.3. The predicted octanol–water partition coefficient (Wildman–Crippen LogP) is 3.19. The molecule has 1 atom stereocenters. The van der Waals surface area contributed by atoms with Gasteiger partial charge in [0, 0.05) is 0 Å². The average Bonchev–Trinajstić information content (AvgIpc) is 3.25. The summed E-state index contributed by atoms with van der Waals surface area (Å²) in [7, 11) is -13.4. The van der Waals surface area contributed by atoms with Gasteiger partial charge < -0.3 is 14.6 Å². The maximum atomic E-state index is 14.6. The third kappa shape index (κ3) is 5.55. The van der Waals surface area contributed by atoms with E-state index in [-0.39, 0.29) is 28.4 Å². The second kappa shape index (κ2) is 13.6. The van der Waals surface area contributed by atoms with Crippen molar-refractivity contribution in [3.63, 3.8) is 0 Å². The van der Waals surface area contributed by atoms with E-state index in [2.05, 4.69) is 0 Å². The van der Waals surface area contributed by atoms with Crippen LogP contribution in [-0.4, -0.2) is 88.0 Å². The van der Waals surface area contributed by atoms with Crippen LogP contribution in [0.2, 0.25) is 0 Å². The molecule has 0 radical (unpaired) electrons. The summed E-state index contributed by atoms with van der Waals surface area (Å²) in [5.74, 6) is -5.09. The SMILES string of the molecule is CCO[P+](OCC)(OCC)/C(=C(/O)OC)C1(C(=O)OC)C(=O)N(S(=O)(=O)c2ccccc2)C(=O)N1S(=O)(=O)c1ccccc1. The van der Waals surface area contributed by atoms with Crippen LogP contribution in [0.1, 0.15) is 20.8 Å². The number of hydrogen-bond acceptors (Lipinski definition) is 13. The number of rotatable bonds is 14. The Morgan fingerprint density at radius 1 is 0.773 bits per heavy atom. The minimum Gasteiger partial charge on any atom is -0.478 e. The van der Waals surface area contributed by atoms with Gasteiger partial charge in [-0.25, -0.2) is 26.4 Å². The first-order chi connectivity index (χ1) is 20.8. The number of sulfonamides is 2. The third-order valence-corrected chi connectivity index (χ3v) is 12.4. The van der Waals surface area contributed by atoms with E-state index < -0.39 is 72.5 Å². The zero-order valence-electron chi connectivity index (χ0n) is 24.4. The minimum atomic E-state index is -5.34. The first-order valence-corrected chi connectivity index (χ1v) is 17.4. The molecule has 0 aromatic heterocycles. The van der Waals surface area contributed by atoms with Crippen LogP contribution in [0.4, 0.5) is 4.79 Å². The van der Waals surface area contributed by atoms with Gasteiger partial charge in [-0.15, -0.1) is 4.31 Å². The van der Waals surface area contributed by atoms with E-state index in [0.29, 0.717) is 0 Å². The van der Waals surface area contributed by atoms with Crippen LogP contribution in [0.15, 0.2) is 81.7 Å². The average molecular weight is 676 g/mol. The Bertz CT molecular complexity index is 1620. The third-order valence-electron chi connectivity index (χ3n) is 6.10. The van der Waals surface area contributed by atoms with Gasteiger partial charge >= 0.3 is 31.4 Å². The number of carbonyl (C=O) groups excluding carboxylic acids is 3. The molecule has 240 valence electrons. The summed E-state index contributed by atoms with van der Waals surface area (Å²) in [6.07, 6.45) is 0. The van der Waals surface area contributed by atoms with Gasteiger partial charge in [0.15, 0.2) is 0 Å². The molecule has 2 aromatic carbocycles. The predicted molar refractivity (Wildman–Crippen MR) is 155 cm³/mol. The van der Waals surface area contributed by atoms with Gasteiger partial charge in [-0.1, -0.05) is 36.4 Å². The molecular formula is C26H32N2O13PS2+. The van der Waals surface area contributed by atoms with Crippen LogP contribution in [0.25, 0.3) is 0 Å². The van der Waals surface area contributed by atoms with E-state index in [1.165, 1.54) is 57.2 Å². The highest BCUT2D eigenvalue weighted by Gasteiger charge is 2.81. The Balaban J connectivity index is 2.65. The van der Waals surface area contributed by atoms with Gasteiger partial charge in [0.25, 0.3) is 31.3 Å². The molecule has 1 unspecified atom stereocenters. The zero-order chi connectivity index (χ0) is 32.9. The number of methoxy groups -OCH3 is 2. The minimum absolute atomic E-state index is 0.259. The summed E-state index contributed by atoms with van der Waals surface area (Å²) in [4.78, 5) is 41.7. The number of esters is 1. The standard InChI is InChI=1S/C26H31N2O13PS2/c1-6-39-42(40-7-2,41-8-3)21(22(29)37-4)26(24(31)38-5)23(30)27(43(33,34)19-15-11-9-12-16-19)25(32)28(26)44(35,36)20-17-13-10-14-18-20/h9-18H,6-8H2,1-5H3/p+1/b22-21-. The van der Waals surface area contributed by atoms with Gasteiger partial charge in [-0.3, -0.25) is 4.79 Å². The number of urea groups is 1. The van der Waals surface area contributed by atoms with Crippen molar-refractivity contribution < 1.29 is 59.4 Å². The van der Waals surface area contributed by atoms with E-state index in [1.807, 2.05) is 0 Å². The lowest BCUT2D eigenvalue weighted by Crippen LogP contribution is -2.60. The Hall–Kier alpha value is -3.60. The summed E-state index contributed by atoms with van der Waals surface area (Å²) in [6.45, 7) is 3.61. The van der Waals surface area contributed by atoms with Crippen molar-refractivity contribution in [1.29, 1.82) is 0 Å². The van der Waals surface area contributed by atoms with Crippen LogP contribution >= 0.6 is 7.94 Å². The molecule has 1 saturated heterocycles. The summed E-state index contributed by atoms with van der Waals surface area (Å²) < 4.78 is 83.0. The molecule has 1 aliphatic heterocycles. The lowest BCUT2D eigenvalue weighted by atomic mass is 9.99. The summed E-state index contributed by atoms with van der Waals surface area (Å²) in [5, 5.41) is 10.1. The van der Waals surface area contributed by atoms with Crippen molar-refractivity contribution in [1.82, 2.24) is 8.61 Å². The quantitative estimate of drug-likeness (QED) is 0.101.